The van der Waals surface area contributed by atoms with E-state index < -0.39 is 12.2 Å². The van der Waals surface area contributed by atoms with Crippen LogP contribution >= 0.6 is 48.9 Å². The topological polar surface area (TPSA) is 36.9 Å². The molecule has 456 valence electrons. The van der Waals surface area contributed by atoms with E-state index in [2.05, 4.69) is 48.5 Å². The van der Waals surface area contributed by atoms with Crippen molar-refractivity contribution in [3.8, 4) is 0 Å². The average Bonchev–Trinajstić information content (AvgIpc) is 3.39. The average molecular weight is 1150 g/mol. The first-order valence-corrected chi connectivity index (χ1v) is 35.8. The second-order valence-corrected chi connectivity index (χ2v) is 26.8. The standard InChI is InChI=1S/C69H132O4S4/c1-8-12-16-20-24-28-32-36-40-44-48-52-56-64(74)70-61-63(72-66(76)58-54-50-46-42-38-34-30-26-22-18-14-10-3)68(73-67(77)59-55-51-47-43-39-35-31-27-23-19-15-11-4)62(60-69(5,6)7)71-65(75)57-53-49-45-41-37-33-29-25-21-17-13-9-2/h62-63,68H,8-61H2,1-7H3/t62?,63-,68+/m1/s1. The number of ether oxygens (including phenoxy) is 4. The highest BCUT2D eigenvalue weighted by atomic mass is 32.1. The molecule has 0 aromatic heterocycles. The van der Waals surface area contributed by atoms with Gasteiger partial charge in [-0.2, -0.15) is 0 Å². The molecule has 0 aliphatic carbocycles. The van der Waals surface area contributed by atoms with Crippen LogP contribution in [-0.4, -0.2) is 45.1 Å². The van der Waals surface area contributed by atoms with Crippen LogP contribution in [0.5, 0.6) is 0 Å². The minimum absolute atomic E-state index is 0.0695. The minimum Gasteiger partial charge on any atom is -0.483 e. The van der Waals surface area contributed by atoms with Gasteiger partial charge < -0.3 is 18.9 Å². The first kappa shape index (κ1) is 76.6. The number of rotatable bonds is 60. The Morgan fingerprint density at radius 2 is 0.481 bits per heavy atom. The van der Waals surface area contributed by atoms with Gasteiger partial charge >= 0.3 is 0 Å². The molecule has 0 spiro atoms. The van der Waals surface area contributed by atoms with E-state index in [9.17, 15) is 0 Å². The summed E-state index contributed by atoms with van der Waals surface area (Å²) >= 11 is 24.3. The molecule has 4 nitrogen and oxygen atoms in total. The van der Waals surface area contributed by atoms with Gasteiger partial charge in [-0.25, -0.2) is 0 Å². The second kappa shape index (κ2) is 58.7. The predicted molar refractivity (Wildman–Crippen MR) is 358 cm³/mol. The minimum atomic E-state index is -0.548. The normalized spacial score (nSPS) is 12.9. The first-order valence-electron chi connectivity index (χ1n) is 34.2. The Labute approximate surface area is 503 Å². The highest BCUT2D eigenvalue weighted by Crippen LogP contribution is 2.30. The maximum absolute atomic E-state index is 7.01. The van der Waals surface area contributed by atoms with E-state index in [4.69, 9.17) is 67.8 Å². The lowest BCUT2D eigenvalue weighted by Crippen LogP contribution is -2.48. The molecule has 0 aromatic rings. The van der Waals surface area contributed by atoms with Crippen LogP contribution in [0.3, 0.4) is 0 Å². The van der Waals surface area contributed by atoms with Crippen molar-refractivity contribution in [1.29, 1.82) is 0 Å². The van der Waals surface area contributed by atoms with Gasteiger partial charge in [0.2, 0.25) is 0 Å². The number of hydrogen-bond acceptors (Lipinski definition) is 8. The fourth-order valence-electron chi connectivity index (χ4n) is 10.8. The molecule has 0 rings (SSSR count). The van der Waals surface area contributed by atoms with Crippen LogP contribution in [0.15, 0.2) is 0 Å². The van der Waals surface area contributed by atoms with E-state index in [0.29, 0.717) is 20.2 Å². The van der Waals surface area contributed by atoms with Crippen molar-refractivity contribution in [1.82, 2.24) is 0 Å². The molecule has 0 aromatic carbocycles. The molecule has 0 fully saturated rings. The fourth-order valence-corrected chi connectivity index (χ4v) is 11.8. The van der Waals surface area contributed by atoms with Gasteiger partial charge in [0.1, 0.15) is 12.7 Å². The van der Waals surface area contributed by atoms with Gasteiger partial charge in [0.15, 0.2) is 32.4 Å². The van der Waals surface area contributed by atoms with Gasteiger partial charge in [-0.3, -0.25) is 0 Å². The summed E-state index contributed by atoms with van der Waals surface area (Å²) in [5.74, 6) is 0. The molecule has 0 radical (unpaired) electrons. The number of unbranched alkanes of at least 4 members (excludes halogenated alkanes) is 44. The maximum Gasteiger partial charge on any atom is 0.176 e. The third kappa shape index (κ3) is 55.9. The molecule has 0 N–H and O–H groups in total. The quantitative estimate of drug-likeness (QED) is 0.0441. The van der Waals surface area contributed by atoms with Crippen molar-refractivity contribution in [2.75, 3.05) is 6.61 Å². The number of thiocarbonyl (C=S) groups is 4. The lowest BCUT2D eigenvalue weighted by atomic mass is 9.86. The van der Waals surface area contributed by atoms with Crippen LogP contribution < -0.4 is 0 Å². The lowest BCUT2D eigenvalue weighted by molar-refractivity contribution is -0.0652. The summed E-state index contributed by atoms with van der Waals surface area (Å²) in [5, 5.41) is 2.54. The van der Waals surface area contributed by atoms with Crippen LogP contribution in [0.4, 0.5) is 0 Å². The third-order valence-corrected chi connectivity index (χ3v) is 16.9. The summed E-state index contributed by atoms with van der Waals surface area (Å²) in [6, 6.07) is 0. The fraction of sp³-hybridized carbons (Fsp3) is 0.942. The van der Waals surface area contributed by atoms with E-state index in [0.717, 1.165) is 70.6 Å². The van der Waals surface area contributed by atoms with Crippen LogP contribution in [0.25, 0.3) is 0 Å². The Hall–Kier alpha value is -0.440. The molecule has 3 atom stereocenters. The molecular weight excluding hydrogens is 1020 g/mol. The molecular formula is C69H132O4S4. The van der Waals surface area contributed by atoms with Crippen molar-refractivity contribution in [3.05, 3.63) is 0 Å². The van der Waals surface area contributed by atoms with Gasteiger partial charge in [0.25, 0.3) is 0 Å². The Balaban J connectivity index is 5.96. The van der Waals surface area contributed by atoms with Gasteiger partial charge in [0.05, 0.1) is 0 Å². The summed E-state index contributed by atoms with van der Waals surface area (Å²) in [6.45, 7) is 16.2. The van der Waals surface area contributed by atoms with Gasteiger partial charge in [-0.15, -0.1) is 0 Å². The van der Waals surface area contributed by atoms with Crippen LogP contribution in [0.1, 0.15) is 389 Å². The smallest absolute Gasteiger partial charge is 0.176 e. The van der Waals surface area contributed by atoms with Crippen molar-refractivity contribution in [3.63, 3.8) is 0 Å². The zero-order valence-electron chi connectivity index (χ0n) is 52.7. The second-order valence-electron chi connectivity index (χ2n) is 25.0. The molecule has 0 saturated heterocycles. The molecule has 0 saturated carbocycles. The maximum atomic E-state index is 7.01. The summed E-state index contributed by atoms with van der Waals surface area (Å²) < 4.78 is 27.4. The van der Waals surface area contributed by atoms with Crippen molar-refractivity contribution in [2.24, 2.45) is 5.41 Å². The van der Waals surface area contributed by atoms with E-state index >= 15 is 0 Å². The van der Waals surface area contributed by atoms with E-state index in [1.54, 1.807) is 0 Å². The Morgan fingerprint density at radius 1 is 0.273 bits per heavy atom. The molecule has 0 aliphatic rings. The van der Waals surface area contributed by atoms with Crippen LogP contribution in [-0.2, 0) is 18.9 Å². The van der Waals surface area contributed by atoms with Crippen LogP contribution in [0.2, 0.25) is 0 Å². The molecule has 8 heteroatoms. The molecule has 0 aliphatic heterocycles. The molecule has 1 unspecified atom stereocenters. The Morgan fingerprint density at radius 3 is 0.727 bits per heavy atom. The largest absolute Gasteiger partial charge is 0.483 e. The number of hydrogen-bond donors (Lipinski definition) is 0. The highest BCUT2D eigenvalue weighted by molar-refractivity contribution is 7.80. The van der Waals surface area contributed by atoms with Gasteiger partial charge in [-0.1, -0.05) is 331 Å². The highest BCUT2D eigenvalue weighted by Gasteiger charge is 2.39. The van der Waals surface area contributed by atoms with E-state index in [1.807, 2.05) is 0 Å². The third-order valence-electron chi connectivity index (χ3n) is 15.7. The van der Waals surface area contributed by atoms with E-state index in [1.165, 1.54) is 270 Å². The van der Waals surface area contributed by atoms with E-state index in [-0.39, 0.29) is 18.1 Å². The van der Waals surface area contributed by atoms with Gasteiger partial charge in [0, 0.05) is 25.7 Å². The van der Waals surface area contributed by atoms with Gasteiger partial charge in [-0.05, 0) is 86.4 Å². The summed E-state index contributed by atoms with van der Waals surface area (Å²) in [4.78, 5) is 0. The molecule has 0 heterocycles. The predicted octanol–water partition coefficient (Wildman–Crippen LogP) is 25.3. The zero-order chi connectivity index (χ0) is 56.6. The molecule has 77 heavy (non-hydrogen) atoms. The molecule has 0 amide bonds. The zero-order valence-corrected chi connectivity index (χ0v) is 55.9. The van der Waals surface area contributed by atoms with Crippen molar-refractivity contribution < 1.29 is 18.9 Å². The lowest BCUT2D eigenvalue weighted by Gasteiger charge is -2.37. The molecule has 0 bridgehead atoms. The van der Waals surface area contributed by atoms with Crippen molar-refractivity contribution in [2.45, 2.75) is 407 Å². The SMILES string of the molecule is CCCCCCCCCCCCCCC(=S)OC[C@@H](OC(=S)CCCCCCCCCCCCCC)[C@@H](OC(=S)CCCCCCCCCCCCCC)C(CC(C)(C)C)OC(=S)CCCCCCCCCCCCCC. The summed E-state index contributed by atoms with van der Waals surface area (Å²) in [7, 11) is 0. The summed E-state index contributed by atoms with van der Waals surface area (Å²) in [5.41, 5.74) is -0.0695. The first-order chi connectivity index (χ1) is 37.5. The Kier molecular flexibility index (Phi) is 58.4. The monoisotopic (exact) mass is 1150 g/mol. The van der Waals surface area contributed by atoms with Crippen molar-refractivity contribution >= 4 is 69.1 Å². The van der Waals surface area contributed by atoms with Crippen LogP contribution in [0, 0.1) is 5.41 Å². The summed E-state index contributed by atoms with van der Waals surface area (Å²) in [6.07, 6.45) is 65.2. The Bertz CT molecular complexity index is 1300.